The molecule has 0 aliphatic rings. The minimum absolute atomic E-state index is 0.113. The zero-order valence-corrected chi connectivity index (χ0v) is 11.0. The van der Waals surface area contributed by atoms with Gasteiger partial charge in [-0.05, 0) is 23.7 Å². The van der Waals surface area contributed by atoms with E-state index in [0.29, 0.717) is 4.47 Å². The highest BCUT2D eigenvalue weighted by Crippen LogP contribution is 2.27. The molecule has 1 aromatic rings. The first kappa shape index (κ1) is 13.9. The van der Waals surface area contributed by atoms with Crippen molar-refractivity contribution in [2.75, 3.05) is 13.7 Å². The fraction of sp³-hybridized carbons (Fsp3) is 0.200. The molecule has 0 bridgehead atoms. The van der Waals surface area contributed by atoms with Gasteiger partial charge >= 0.3 is 5.97 Å². The second-order valence-corrected chi connectivity index (χ2v) is 4.23. The van der Waals surface area contributed by atoms with Crippen molar-refractivity contribution in [3.05, 3.63) is 28.0 Å². The zero-order valence-electron chi connectivity index (χ0n) is 8.63. The first-order valence-electron chi connectivity index (χ1n) is 4.34. The fourth-order valence-electron chi connectivity index (χ4n) is 1.10. The van der Waals surface area contributed by atoms with Crippen LogP contribution < -0.4 is 4.74 Å². The maximum Gasteiger partial charge on any atom is 0.344 e. The van der Waals surface area contributed by atoms with E-state index < -0.39 is 23.6 Å². The maximum absolute atomic E-state index is 13.5. The Morgan fingerprint density at radius 3 is 2.65 bits per heavy atom. The van der Waals surface area contributed by atoms with Crippen LogP contribution in [0.25, 0.3) is 0 Å². The molecule has 1 rings (SSSR count). The van der Waals surface area contributed by atoms with Crippen LogP contribution >= 0.6 is 27.5 Å². The number of carbonyl (C=O) groups excluding carboxylic acids is 2. The summed E-state index contributed by atoms with van der Waals surface area (Å²) >= 11 is 8.12. The number of ether oxygens (including phenoxy) is 2. The third kappa shape index (κ3) is 3.67. The first-order chi connectivity index (χ1) is 7.95. The molecular formula is C10H7BrClFO4. The second kappa shape index (κ2) is 5.97. The Labute approximate surface area is 110 Å². The summed E-state index contributed by atoms with van der Waals surface area (Å²) in [5, 5.41) is -0.763. The lowest BCUT2D eigenvalue weighted by Crippen LogP contribution is -2.11. The lowest BCUT2D eigenvalue weighted by atomic mass is 10.2. The molecule has 0 aliphatic heterocycles. The summed E-state index contributed by atoms with van der Waals surface area (Å²) < 4.78 is 23.2. The van der Waals surface area contributed by atoms with Crippen LogP contribution in [0.1, 0.15) is 10.4 Å². The van der Waals surface area contributed by atoms with Crippen molar-refractivity contribution in [1.82, 2.24) is 0 Å². The lowest BCUT2D eigenvalue weighted by Gasteiger charge is -2.10. The third-order valence-corrected chi connectivity index (χ3v) is 2.32. The van der Waals surface area contributed by atoms with Crippen molar-refractivity contribution in [3.63, 3.8) is 0 Å². The van der Waals surface area contributed by atoms with Crippen molar-refractivity contribution < 1.29 is 23.5 Å². The van der Waals surface area contributed by atoms with Gasteiger partial charge in [-0.2, -0.15) is 0 Å². The summed E-state index contributed by atoms with van der Waals surface area (Å²) in [4.78, 5) is 21.9. The Morgan fingerprint density at radius 1 is 1.47 bits per heavy atom. The zero-order chi connectivity index (χ0) is 13.0. The molecule has 4 nitrogen and oxygen atoms in total. The molecule has 0 aliphatic carbocycles. The highest BCUT2D eigenvalue weighted by molar-refractivity contribution is 9.10. The molecule has 0 saturated carbocycles. The van der Waals surface area contributed by atoms with Gasteiger partial charge in [-0.3, -0.25) is 4.79 Å². The van der Waals surface area contributed by atoms with Gasteiger partial charge in [0.1, 0.15) is 17.1 Å². The normalized spacial score (nSPS) is 9.88. The first-order valence-corrected chi connectivity index (χ1v) is 5.51. The Balaban J connectivity index is 3.15. The monoisotopic (exact) mass is 324 g/mol. The van der Waals surface area contributed by atoms with E-state index in [0.717, 1.165) is 13.2 Å². The second-order valence-electron chi connectivity index (χ2n) is 2.90. The van der Waals surface area contributed by atoms with Gasteiger partial charge in [-0.15, -0.1) is 0 Å². The largest absolute Gasteiger partial charge is 0.483 e. The molecular weight excluding hydrogens is 318 g/mol. The predicted octanol–water partition coefficient (Wildman–Crippen LogP) is 2.52. The summed E-state index contributed by atoms with van der Waals surface area (Å²) in [6.45, 7) is -0.471. The van der Waals surface area contributed by atoms with E-state index in [2.05, 4.69) is 20.7 Å². The molecule has 7 heteroatoms. The van der Waals surface area contributed by atoms with Crippen molar-refractivity contribution in [2.24, 2.45) is 0 Å². The quantitative estimate of drug-likeness (QED) is 0.630. The van der Waals surface area contributed by atoms with Crippen LogP contribution in [-0.4, -0.2) is 24.9 Å². The Hall–Kier alpha value is -1.14. The Bertz CT molecular complexity index is 464. The molecule has 17 heavy (non-hydrogen) atoms. The number of carbonyl (C=O) groups is 2. The number of hydrogen-bond donors (Lipinski definition) is 0. The minimum Gasteiger partial charge on any atom is -0.483 e. The smallest absolute Gasteiger partial charge is 0.344 e. The predicted molar refractivity (Wildman–Crippen MR) is 61.8 cm³/mol. The highest BCUT2D eigenvalue weighted by Gasteiger charge is 2.20. The van der Waals surface area contributed by atoms with E-state index in [9.17, 15) is 14.0 Å². The number of benzene rings is 1. The summed E-state index contributed by atoms with van der Waals surface area (Å²) in [6.07, 6.45) is 0. The van der Waals surface area contributed by atoms with Crippen molar-refractivity contribution in [2.45, 2.75) is 0 Å². The number of methoxy groups -OCH3 is 1. The van der Waals surface area contributed by atoms with Crippen molar-refractivity contribution in [3.8, 4) is 5.75 Å². The Kier molecular flexibility index (Phi) is 4.89. The van der Waals surface area contributed by atoms with Gasteiger partial charge in [0.05, 0.1) is 7.11 Å². The molecule has 0 amide bonds. The average molecular weight is 326 g/mol. The molecule has 0 atom stereocenters. The third-order valence-electron chi connectivity index (χ3n) is 1.75. The standard InChI is InChI=1S/C10H7BrClFO4/c1-16-10(15)9-6(13)2-5(11)3-7(9)17-4-8(12)14/h2-3H,4H2,1H3. The molecule has 0 aromatic heterocycles. The molecule has 0 radical (unpaired) electrons. The van der Waals surface area contributed by atoms with Crippen LogP contribution in [-0.2, 0) is 9.53 Å². The lowest BCUT2D eigenvalue weighted by molar-refractivity contribution is -0.113. The van der Waals surface area contributed by atoms with E-state index in [1.165, 1.54) is 6.07 Å². The molecule has 0 saturated heterocycles. The van der Waals surface area contributed by atoms with E-state index >= 15 is 0 Å². The van der Waals surface area contributed by atoms with Gasteiger partial charge in [0.2, 0.25) is 0 Å². The van der Waals surface area contributed by atoms with Gasteiger partial charge < -0.3 is 9.47 Å². The number of halogens is 3. The molecule has 0 spiro atoms. The molecule has 0 N–H and O–H groups in total. The fourth-order valence-corrected chi connectivity index (χ4v) is 1.56. The summed E-state index contributed by atoms with van der Waals surface area (Å²) in [7, 11) is 1.11. The summed E-state index contributed by atoms with van der Waals surface area (Å²) in [5.74, 6) is -1.83. The van der Waals surface area contributed by atoms with Crippen LogP contribution in [0.4, 0.5) is 4.39 Å². The van der Waals surface area contributed by atoms with Crippen LogP contribution in [0.15, 0.2) is 16.6 Å². The molecule has 92 valence electrons. The highest BCUT2D eigenvalue weighted by atomic mass is 79.9. The molecule has 1 aromatic carbocycles. The molecule has 0 heterocycles. The number of hydrogen-bond acceptors (Lipinski definition) is 4. The van der Waals surface area contributed by atoms with Crippen molar-refractivity contribution in [1.29, 1.82) is 0 Å². The maximum atomic E-state index is 13.5. The van der Waals surface area contributed by atoms with Gasteiger partial charge in [0, 0.05) is 4.47 Å². The Morgan fingerprint density at radius 2 is 2.12 bits per heavy atom. The van der Waals surface area contributed by atoms with Gasteiger partial charge in [0.15, 0.2) is 6.61 Å². The van der Waals surface area contributed by atoms with Gasteiger partial charge in [0.25, 0.3) is 5.24 Å². The van der Waals surface area contributed by atoms with E-state index in [4.69, 9.17) is 16.3 Å². The van der Waals surface area contributed by atoms with Crippen LogP contribution in [0, 0.1) is 5.82 Å². The average Bonchev–Trinajstić information content (AvgIpc) is 2.24. The molecule has 0 fully saturated rings. The van der Waals surface area contributed by atoms with E-state index in [1.807, 2.05) is 0 Å². The molecule has 0 unspecified atom stereocenters. The van der Waals surface area contributed by atoms with E-state index in [-0.39, 0.29) is 11.3 Å². The van der Waals surface area contributed by atoms with Crippen molar-refractivity contribution >= 4 is 38.7 Å². The summed E-state index contributed by atoms with van der Waals surface area (Å²) in [5.41, 5.74) is -0.381. The summed E-state index contributed by atoms with van der Waals surface area (Å²) in [6, 6.07) is 2.43. The van der Waals surface area contributed by atoms with Crippen LogP contribution in [0.5, 0.6) is 5.75 Å². The van der Waals surface area contributed by atoms with Gasteiger partial charge in [-0.1, -0.05) is 15.9 Å². The number of esters is 1. The van der Waals surface area contributed by atoms with E-state index in [1.54, 1.807) is 0 Å². The SMILES string of the molecule is COC(=O)c1c(F)cc(Br)cc1OCC(=O)Cl. The van der Waals surface area contributed by atoms with Crippen LogP contribution in [0.3, 0.4) is 0 Å². The topological polar surface area (TPSA) is 52.6 Å². The van der Waals surface area contributed by atoms with Gasteiger partial charge in [-0.25, -0.2) is 9.18 Å². The number of rotatable bonds is 4. The minimum atomic E-state index is -0.896. The van der Waals surface area contributed by atoms with Crippen LogP contribution in [0.2, 0.25) is 0 Å².